The van der Waals surface area contributed by atoms with Crippen LogP contribution in [0.3, 0.4) is 0 Å². The van der Waals surface area contributed by atoms with Gasteiger partial charge in [-0.05, 0) is 36.7 Å². The maximum absolute atomic E-state index is 12.3. The van der Waals surface area contributed by atoms with Gasteiger partial charge in [0.15, 0.2) is 0 Å². The lowest BCUT2D eigenvalue weighted by Gasteiger charge is -2.30. The van der Waals surface area contributed by atoms with Crippen molar-refractivity contribution < 1.29 is 9.90 Å². The van der Waals surface area contributed by atoms with Gasteiger partial charge in [-0.25, -0.2) is 4.79 Å². The Hall–Kier alpha value is -2.34. The van der Waals surface area contributed by atoms with Crippen LogP contribution in [-0.2, 0) is 6.54 Å². The number of aliphatic hydroxyl groups excluding tert-OH is 1. The Kier molecular flexibility index (Phi) is 4.44. The molecule has 1 aromatic heterocycles. The molecule has 2 amide bonds. The second kappa shape index (κ2) is 6.88. The van der Waals surface area contributed by atoms with E-state index in [0.717, 1.165) is 18.4 Å². The molecule has 132 valence electrons. The molecule has 0 spiro atoms. The van der Waals surface area contributed by atoms with E-state index < -0.39 is 0 Å². The zero-order valence-electron chi connectivity index (χ0n) is 14.1. The van der Waals surface area contributed by atoms with Crippen LogP contribution in [0.4, 0.5) is 10.5 Å². The molecule has 4 atom stereocenters. The van der Waals surface area contributed by atoms with Crippen molar-refractivity contribution in [1.29, 1.82) is 0 Å². The summed E-state index contributed by atoms with van der Waals surface area (Å²) < 4.78 is 1.80. The van der Waals surface area contributed by atoms with E-state index in [2.05, 4.69) is 15.7 Å². The highest BCUT2D eigenvalue weighted by atomic mass is 16.3. The Morgan fingerprint density at radius 1 is 1.24 bits per heavy atom. The second-order valence-corrected chi connectivity index (χ2v) is 7.22. The largest absolute Gasteiger partial charge is 0.396 e. The van der Waals surface area contributed by atoms with Crippen molar-refractivity contribution >= 4 is 11.7 Å². The third kappa shape index (κ3) is 3.39. The van der Waals surface area contributed by atoms with Crippen molar-refractivity contribution in [2.24, 2.45) is 17.8 Å². The molecule has 2 aliphatic carbocycles. The van der Waals surface area contributed by atoms with Gasteiger partial charge in [-0.3, -0.25) is 4.68 Å². The molecule has 2 bridgehead atoms. The van der Waals surface area contributed by atoms with Gasteiger partial charge in [0.1, 0.15) is 0 Å². The molecule has 0 radical (unpaired) electrons. The van der Waals surface area contributed by atoms with E-state index in [-0.39, 0.29) is 24.6 Å². The Morgan fingerprint density at radius 3 is 2.84 bits per heavy atom. The quantitative estimate of drug-likeness (QED) is 0.782. The van der Waals surface area contributed by atoms with E-state index in [1.54, 1.807) is 10.9 Å². The first kappa shape index (κ1) is 16.1. The summed E-state index contributed by atoms with van der Waals surface area (Å²) in [5.41, 5.74) is 1.84. The number of rotatable bonds is 5. The van der Waals surface area contributed by atoms with Crippen LogP contribution >= 0.6 is 0 Å². The zero-order chi connectivity index (χ0) is 17.2. The van der Waals surface area contributed by atoms with Gasteiger partial charge in [0.2, 0.25) is 0 Å². The molecule has 2 saturated carbocycles. The number of nitrogens with one attached hydrogen (secondary N) is 2. The fraction of sp³-hybridized carbons (Fsp3) is 0.474. The lowest BCUT2D eigenvalue weighted by molar-refractivity contribution is 0.146. The molecule has 1 aromatic carbocycles. The summed E-state index contributed by atoms with van der Waals surface area (Å²) in [4.78, 5) is 12.3. The molecule has 0 saturated heterocycles. The standard InChI is InChI=1S/C19H24N4O2/c24-12-17-14-6-7-15(8-14)18(17)22-19(25)21-16-9-20-23(11-16)10-13-4-2-1-3-5-13/h1-5,9,11,14-15,17-18,24H,6-8,10,12H2,(H2,21,22,25). The molecule has 2 aliphatic rings. The minimum Gasteiger partial charge on any atom is -0.396 e. The van der Waals surface area contributed by atoms with Crippen molar-refractivity contribution in [2.45, 2.75) is 31.8 Å². The summed E-state index contributed by atoms with van der Waals surface area (Å²) in [6.07, 6.45) is 6.96. The number of hydrogen-bond donors (Lipinski definition) is 3. The normalized spacial score (nSPS) is 27.4. The maximum atomic E-state index is 12.3. The second-order valence-electron chi connectivity index (χ2n) is 7.22. The number of hydrogen-bond acceptors (Lipinski definition) is 3. The van der Waals surface area contributed by atoms with Crippen LogP contribution in [0.25, 0.3) is 0 Å². The minimum atomic E-state index is -0.213. The first-order valence-corrected chi connectivity index (χ1v) is 8.97. The Morgan fingerprint density at radius 2 is 2.04 bits per heavy atom. The van der Waals surface area contributed by atoms with Crippen molar-refractivity contribution in [3.8, 4) is 0 Å². The van der Waals surface area contributed by atoms with Crippen LogP contribution in [0.15, 0.2) is 42.7 Å². The zero-order valence-corrected chi connectivity index (χ0v) is 14.1. The first-order chi connectivity index (χ1) is 12.2. The molecule has 2 fully saturated rings. The van der Waals surface area contributed by atoms with Crippen LogP contribution in [-0.4, -0.2) is 33.6 Å². The Labute approximate surface area is 147 Å². The number of anilines is 1. The topological polar surface area (TPSA) is 79.2 Å². The van der Waals surface area contributed by atoms with E-state index in [0.29, 0.717) is 24.1 Å². The van der Waals surface area contributed by atoms with Gasteiger partial charge in [0, 0.05) is 24.8 Å². The summed E-state index contributed by atoms with van der Waals surface area (Å²) in [5.74, 6) is 1.27. The van der Waals surface area contributed by atoms with Crippen LogP contribution in [0.2, 0.25) is 0 Å². The molecule has 6 nitrogen and oxygen atoms in total. The highest BCUT2D eigenvalue weighted by molar-refractivity contribution is 5.89. The minimum absolute atomic E-state index is 0.0862. The summed E-state index contributed by atoms with van der Waals surface area (Å²) in [5, 5.41) is 19.9. The lowest BCUT2D eigenvalue weighted by atomic mass is 9.85. The van der Waals surface area contributed by atoms with Crippen LogP contribution in [0, 0.1) is 17.8 Å². The van der Waals surface area contributed by atoms with Crippen molar-refractivity contribution in [3.05, 3.63) is 48.3 Å². The summed E-state index contributed by atoms with van der Waals surface area (Å²) in [6, 6.07) is 9.95. The first-order valence-electron chi connectivity index (χ1n) is 8.97. The summed E-state index contributed by atoms with van der Waals surface area (Å²) in [6.45, 7) is 0.824. The Balaban J connectivity index is 1.34. The molecular formula is C19H24N4O2. The molecule has 2 aromatic rings. The number of carbonyl (C=O) groups excluding carboxylic acids is 1. The predicted octanol–water partition coefficient (Wildman–Crippen LogP) is 2.46. The fourth-order valence-electron chi connectivity index (χ4n) is 4.50. The van der Waals surface area contributed by atoms with E-state index in [1.165, 1.54) is 6.42 Å². The average molecular weight is 340 g/mol. The number of carbonyl (C=O) groups is 1. The van der Waals surface area contributed by atoms with Gasteiger partial charge in [0.05, 0.1) is 18.4 Å². The number of nitrogens with zero attached hydrogens (tertiary/aromatic N) is 2. The van der Waals surface area contributed by atoms with Crippen LogP contribution in [0.1, 0.15) is 24.8 Å². The van der Waals surface area contributed by atoms with E-state index in [1.807, 2.05) is 36.5 Å². The molecular weight excluding hydrogens is 316 g/mol. The predicted molar refractivity (Wildman–Crippen MR) is 95.1 cm³/mol. The fourth-order valence-corrected chi connectivity index (χ4v) is 4.50. The number of aromatic nitrogens is 2. The number of amides is 2. The van der Waals surface area contributed by atoms with Crippen molar-refractivity contribution in [2.75, 3.05) is 11.9 Å². The van der Waals surface area contributed by atoms with Gasteiger partial charge in [-0.15, -0.1) is 0 Å². The number of benzene rings is 1. The molecule has 0 aliphatic heterocycles. The molecule has 6 heteroatoms. The highest BCUT2D eigenvalue weighted by Gasteiger charge is 2.47. The van der Waals surface area contributed by atoms with Crippen LogP contribution < -0.4 is 10.6 Å². The van der Waals surface area contributed by atoms with Crippen molar-refractivity contribution in [1.82, 2.24) is 15.1 Å². The van der Waals surface area contributed by atoms with Gasteiger partial charge >= 0.3 is 6.03 Å². The monoisotopic (exact) mass is 340 g/mol. The van der Waals surface area contributed by atoms with Gasteiger partial charge in [-0.2, -0.15) is 5.10 Å². The van der Waals surface area contributed by atoms with Gasteiger partial charge in [-0.1, -0.05) is 30.3 Å². The van der Waals surface area contributed by atoms with E-state index >= 15 is 0 Å². The number of urea groups is 1. The summed E-state index contributed by atoms with van der Waals surface area (Å²) in [7, 11) is 0. The SMILES string of the molecule is O=C(Nc1cnn(Cc2ccccc2)c1)NC1C2CCC(C2)C1CO. The molecule has 4 rings (SSSR count). The molecule has 3 N–H and O–H groups in total. The Bertz CT molecular complexity index is 730. The average Bonchev–Trinajstić information content (AvgIpc) is 3.32. The maximum Gasteiger partial charge on any atom is 0.319 e. The third-order valence-corrected chi connectivity index (χ3v) is 5.68. The third-order valence-electron chi connectivity index (χ3n) is 5.68. The molecule has 25 heavy (non-hydrogen) atoms. The van der Waals surface area contributed by atoms with Crippen molar-refractivity contribution in [3.63, 3.8) is 0 Å². The van der Waals surface area contributed by atoms with E-state index in [4.69, 9.17) is 0 Å². The van der Waals surface area contributed by atoms with Gasteiger partial charge < -0.3 is 15.7 Å². The van der Waals surface area contributed by atoms with E-state index in [9.17, 15) is 9.90 Å². The van der Waals surface area contributed by atoms with Gasteiger partial charge in [0.25, 0.3) is 0 Å². The number of aliphatic hydroxyl groups is 1. The number of fused-ring (bicyclic) bond motifs is 2. The summed E-state index contributed by atoms with van der Waals surface area (Å²) >= 11 is 0. The molecule has 1 heterocycles. The lowest BCUT2D eigenvalue weighted by Crippen LogP contribution is -2.46. The van der Waals surface area contributed by atoms with Crippen LogP contribution in [0.5, 0.6) is 0 Å². The highest BCUT2D eigenvalue weighted by Crippen LogP contribution is 2.48. The smallest absolute Gasteiger partial charge is 0.319 e. The molecule has 4 unspecified atom stereocenters.